The van der Waals surface area contributed by atoms with E-state index < -0.39 is 5.41 Å². The largest absolute Gasteiger partial charge is 0.359 e. The minimum absolute atomic E-state index is 0. The van der Waals surface area contributed by atoms with Gasteiger partial charge in [-0.05, 0) is 32.4 Å². The number of carbonyl (C=O) groups is 1. The van der Waals surface area contributed by atoms with Gasteiger partial charge in [-0.3, -0.25) is 9.79 Å². The molecule has 2 heterocycles. The summed E-state index contributed by atoms with van der Waals surface area (Å²) in [5.74, 6) is 1.50. The van der Waals surface area contributed by atoms with Gasteiger partial charge in [0.15, 0.2) is 5.96 Å². The third kappa shape index (κ3) is 5.87. The molecule has 2 rings (SSSR count). The number of rotatable bonds is 5. The van der Waals surface area contributed by atoms with E-state index in [2.05, 4.69) is 30.8 Å². The van der Waals surface area contributed by atoms with Gasteiger partial charge < -0.3 is 20.9 Å². The van der Waals surface area contributed by atoms with Crippen molar-refractivity contribution in [1.82, 2.24) is 20.9 Å². The van der Waals surface area contributed by atoms with Crippen LogP contribution in [0.25, 0.3) is 0 Å². The summed E-state index contributed by atoms with van der Waals surface area (Å²) in [6.45, 7) is 5.97. The van der Waals surface area contributed by atoms with Crippen LogP contribution in [0.2, 0.25) is 5.02 Å². The van der Waals surface area contributed by atoms with Crippen LogP contribution in [0.5, 0.6) is 0 Å². The Labute approximate surface area is 177 Å². The molecule has 1 aliphatic heterocycles. The second-order valence-corrected chi connectivity index (χ2v) is 7.18. The van der Waals surface area contributed by atoms with Crippen molar-refractivity contribution in [2.45, 2.75) is 26.3 Å². The van der Waals surface area contributed by atoms with Crippen molar-refractivity contribution in [1.29, 1.82) is 0 Å². The first kappa shape index (κ1) is 22.8. The van der Waals surface area contributed by atoms with Gasteiger partial charge in [0.2, 0.25) is 5.91 Å². The number of carbonyl (C=O) groups excluding carboxylic acids is 1. The van der Waals surface area contributed by atoms with E-state index in [9.17, 15) is 4.79 Å². The van der Waals surface area contributed by atoms with Crippen molar-refractivity contribution in [2.24, 2.45) is 10.4 Å². The molecule has 0 radical (unpaired) electrons. The number of halogens is 2. The maximum Gasteiger partial charge on any atom is 0.227 e. The molecule has 1 atom stereocenters. The molecule has 0 aromatic carbocycles. The molecule has 7 nitrogen and oxygen atoms in total. The van der Waals surface area contributed by atoms with E-state index in [-0.39, 0.29) is 35.9 Å². The van der Waals surface area contributed by atoms with E-state index in [1.54, 1.807) is 20.3 Å². The molecule has 9 heteroatoms. The molecule has 3 N–H and O–H groups in total. The number of anilines is 1. The number of hydrogen-bond donors (Lipinski definition) is 3. The highest BCUT2D eigenvalue weighted by molar-refractivity contribution is 14.0. The zero-order chi connectivity index (χ0) is 18.4. The molecule has 0 aliphatic carbocycles. The van der Waals surface area contributed by atoms with Gasteiger partial charge in [0.05, 0.1) is 10.4 Å². The van der Waals surface area contributed by atoms with E-state index in [4.69, 9.17) is 11.6 Å². The Bertz CT molecular complexity index is 639. The monoisotopic (exact) mass is 494 g/mol. The third-order valence-corrected chi connectivity index (χ3v) is 4.63. The fourth-order valence-electron chi connectivity index (χ4n) is 2.79. The van der Waals surface area contributed by atoms with Crippen molar-refractivity contribution in [2.75, 3.05) is 38.6 Å². The van der Waals surface area contributed by atoms with Gasteiger partial charge in [0.25, 0.3) is 0 Å². The standard InChI is InChI=1S/C17H27ClN6O.HI/c1-17(2,15(25)19-3)11-22-16(20-4)23-12-7-9-24(10-12)14-13(18)6-5-8-21-14;/h5-6,8,12H,7,9-11H2,1-4H3,(H,19,25)(H2,20,22,23);1H. The number of guanidine groups is 1. The summed E-state index contributed by atoms with van der Waals surface area (Å²) in [5.41, 5.74) is -0.518. The third-order valence-electron chi connectivity index (χ3n) is 4.33. The molecule has 1 amide bonds. The average molecular weight is 495 g/mol. The predicted molar refractivity (Wildman–Crippen MR) is 118 cm³/mol. The molecule has 1 unspecified atom stereocenters. The van der Waals surface area contributed by atoms with Crippen molar-refractivity contribution >= 4 is 53.3 Å². The molecule has 1 aromatic rings. The summed E-state index contributed by atoms with van der Waals surface area (Å²) in [6, 6.07) is 3.93. The van der Waals surface area contributed by atoms with Crippen LogP contribution in [0.3, 0.4) is 0 Å². The van der Waals surface area contributed by atoms with Crippen LogP contribution in [0.15, 0.2) is 23.3 Å². The van der Waals surface area contributed by atoms with Crippen molar-refractivity contribution in [3.63, 3.8) is 0 Å². The smallest absolute Gasteiger partial charge is 0.227 e. The summed E-state index contributed by atoms with van der Waals surface area (Å²) >= 11 is 6.23. The highest BCUT2D eigenvalue weighted by atomic mass is 127. The molecule has 1 aliphatic rings. The van der Waals surface area contributed by atoms with Crippen LogP contribution < -0.4 is 20.9 Å². The zero-order valence-corrected chi connectivity index (χ0v) is 18.8. The van der Waals surface area contributed by atoms with Gasteiger partial charge in [-0.2, -0.15) is 0 Å². The normalized spacial score (nSPS) is 17.5. The van der Waals surface area contributed by atoms with E-state index in [0.717, 1.165) is 25.3 Å². The lowest BCUT2D eigenvalue weighted by Gasteiger charge is -2.25. The van der Waals surface area contributed by atoms with Crippen LogP contribution in [0, 0.1) is 5.41 Å². The first-order valence-electron chi connectivity index (χ1n) is 8.42. The summed E-state index contributed by atoms with van der Waals surface area (Å²) in [5, 5.41) is 9.99. The number of nitrogens with one attached hydrogen (secondary N) is 3. The van der Waals surface area contributed by atoms with Crippen molar-refractivity contribution in [3.05, 3.63) is 23.4 Å². The number of aliphatic imine (C=N–C) groups is 1. The topological polar surface area (TPSA) is 81.6 Å². The van der Waals surface area contributed by atoms with Crippen molar-refractivity contribution in [3.8, 4) is 0 Å². The lowest BCUT2D eigenvalue weighted by molar-refractivity contribution is -0.128. The molecule has 26 heavy (non-hydrogen) atoms. The van der Waals surface area contributed by atoms with Crippen LogP contribution in [-0.4, -0.2) is 56.6 Å². The number of aromatic nitrogens is 1. The van der Waals surface area contributed by atoms with E-state index in [1.807, 2.05) is 26.0 Å². The molecule has 0 spiro atoms. The highest BCUT2D eigenvalue weighted by Gasteiger charge is 2.28. The lowest BCUT2D eigenvalue weighted by atomic mass is 9.92. The minimum Gasteiger partial charge on any atom is -0.359 e. The van der Waals surface area contributed by atoms with Crippen LogP contribution in [0.4, 0.5) is 5.82 Å². The Morgan fingerprint density at radius 1 is 1.50 bits per heavy atom. The van der Waals surface area contributed by atoms with Gasteiger partial charge in [-0.1, -0.05) is 11.6 Å². The Hall–Kier alpha value is -1.29. The first-order valence-corrected chi connectivity index (χ1v) is 8.80. The SMILES string of the molecule is CN=C(NCC(C)(C)C(=O)NC)NC1CCN(c2ncccc2Cl)C1.I. The fourth-order valence-corrected chi connectivity index (χ4v) is 3.03. The second kappa shape index (κ2) is 10.1. The first-order chi connectivity index (χ1) is 11.9. The van der Waals surface area contributed by atoms with E-state index in [0.29, 0.717) is 17.5 Å². The average Bonchev–Trinajstić information content (AvgIpc) is 3.06. The fraction of sp³-hybridized carbons (Fsp3) is 0.588. The Morgan fingerprint density at radius 3 is 2.85 bits per heavy atom. The maximum absolute atomic E-state index is 11.9. The highest BCUT2D eigenvalue weighted by Crippen LogP contribution is 2.25. The Balaban J connectivity index is 0.00000338. The molecule has 146 valence electrons. The molecule has 1 saturated heterocycles. The second-order valence-electron chi connectivity index (χ2n) is 6.77. The van der Waals surface area contributed by atoms with Crippen LogP contribution in [0.1, 0.15) is 20.3 Å². The number of nitrogens with zero attached hydrogens (tertiary/aromatic N) is 3. The minimum atomic E-state index is -0.518. The number of pyridine rings is 1. The van der Waals surface area contributed by atoms with Crippen molar-refractivity contribution < 1.29 is 4.79 Å². The Kier molecular flexibility index (Phi) is 8.88. The summed E-state index contributed by atoms with van der Waals surface area (Å²) in [6.07, 6.45) is 2.72. The molecule has 1 aromatic heterocycles. The quantitative estimate of drug-likeness (QED) is 0.331. The maximum atomic E-state index is 11.9. The summed E-state index contributed by atoms with van der Waals surface area (Å²) in [4.78, 5) is 22.7. The Morgan fingerprint density at radius 2 is 2.23 bits per heavy atom. The molecular formula is C17H28ClIN6O. The van der Waals surface area contributed by atoms with Gasteiger partial charge in [-0.15, -0.1) is 24.0 Å². The predicted octanol–water partition coefficient (Wildman–Crippen LogP) is 1.87. The molecule has 0 bridgehead atoms. The van der Waals surface area contributed by atoms with Crippen LogP contribution in [-0.2, 0) is 4.79 Å². The molecular weight excluding hydrogens is 467 g/mol. The van der Waals surface area contributed by atoms with Crippen LogP contribution >= 0.6 is 35.6 Å². The zero-order valence-electron chi connectivity index (χ0n) is 15.7. The van der Waals surface area contributed by atoms with Gasteiger partial charge in [-0.25, -0.2) is 4.98 Å². The summed E-state index contributed by atoms with van der Waals surface area (Å²) < 4.78 is 0. The molecule has 1 fully saturated rings. The van der Waals surface area contributed by atoms with E-state index >= 15 is 0 Å². The number of hydrogen-bond acceptors (Lipinski definition) is 4. The van der Waals surface area contributed by atoms with Gasteiger partial charge in [0.1, 0.15) is 5.82 Å². The summed E-state index contributed by atoms with van der Waals surface area (Å²) in [7, 11) is 3.37. The van der Waals surface area contributed by atoms with E-state index in [1.165, 1.54) is 0 Å². The number of amides is 1. The van der Waals surface area contributed by atoms with Gasteiger partial charge >= 0.3 is 0 Å². The van der Waals surface area contributed by atoms with Gasteiger partial charge in [0, 0.05) is 46.0 Å². The lowest BCUT2D eigenvalue weighted by Crippen LogP contribution is -2.50. The molecule has 0 saturated carbocycles.